The molecule has 82 valence electrons. The minimum atomic E-state index is 0.645. The van der Waals surface area contributed by atoms with Crippen LogP contribution in [0, 0.1) is 17.2 Å². The molecule has 3 heteroatoms. The van der Waals surface area contributed by atoms with Crippen LogP contribution in [0.5, 0.6) is 0 Å². The van der Waals surface area contributed by atoms with Gasteiger partial charge in [-0.1, -0.05) is 13.8 Å². The second kappa shape index (κ2) is 4.31. The Bertz CT molecular complexity index is 561. The molecule has 0 atom stereocenters. The molecule has 0 aliphatic carbocycles. The number of rotatable bonds is 2. The summed E-state index contributed by atoms with van der Waals surface area (Å²) in [6.07, 6.45) is 5.03. The van der Waals surface area contributed by atoms with Gasteiger partial charge in [0.2, 0.25) is 0 Å². The number of pyridine rings is 1. The molecule has 2 aromatic rings. The predicted molar refractivity (Wildman–Crippen MR) is 68.4 cm³/mol. The first-order valence-electron chi connectivity index (χ1n) is 5.30. The highest BCUT2D eigenvalue weighted by Gasteiger charge is 2.06. The van der Waals surface area contributed by atoms with Crippen LogP contribution in [0.25, 0.3) is 5.52 Å². The average Bonchev–Trinajstić information content (AvgIpc) is 2.59. The molecule has 0 aliphatic heterocycles. The maximum atomic E-state index is 8.89. The lowest BCUT2D eigenvalue weighted by molar-refractivity contribution is 0.647. The first-order chi connectivity index (χ1) is 7.60. The van der Waals surface area contributed by atoms with E-state index in [-0.39, 0.29) is 0 Å². The standard InChI is InChI=1S/C13H13BrN2/c1-9(2)3-10-5-13-12(14)4-11(6-15)8-16(13)7-10/h4-5,7-9H,3H2,1-2H3. The van der Waals surface area contributed by atoms with Crippen LogP contribution in [-0.4, -0.2) is 4.40 Å². The van der Waals surface area contributed by atoms with Crippen LogP contribution in [0.3, 0.4) is 0 Å². The SMILES string of the molecule is CC(C)Cc1cc2c(Br)cc(C#N)cn2c1. The molecule has 0 amide bonds. The Morgan fingerprint density at radius 1 is 1.38 bits per heavy atom. The quantitative estimate of drug-likeness (QED) is 0.821. The Morgan fingerprint density at radius 2 is 2.12 bits per heavy atom. The van der Waals surface area contributed by atoms with Gasteiger partial charge in [0, 0.05) is 16.9 Å². The Kier molecular flexibility index (Phi) is 3.02. The summed E-state index contributed by atoms with van der Waals surface area (Å²) in [5.41, 5.74) is 3.10. The van der Waals surface area contributed by atoms with E-state index in [9.17, 15) is 0 Å². The zero-order valence-corrected chi connectivity index (χ0v) is 11.0. The third kappa shape index (κ3) is 2.12. The molecule has 2 aromatic heterocycles. The first-order valence-corrected chi connectivity index (χ1v) is 6.09. The van der Waals surface area contributed by atoms with Gasteiger partial charge in [0.25, 0.3) is 0 Å². The van der Waals surface area contributed by atoms with Gasteiger partial charge in [-0.15, -0.1) is 0 Å². The maximum absolute atomic E-state index is 8.89. The van der Waals surface area contributed by atoms with Crippen molar-refractivity contribution in [2.24, 2.45) is 5.92 Å². The van der Waals surface area contributed by atoms with Crippen LogP contribution in [0.1, 0.15) is 25.0 Å². The van der Waals surface area contributed by atoms with Gasteiger partial charge in [0.1, 0.15) is 6.07 Å². The van der Waals surface area contributed by atoms with Crippen LogP contribution < -0.4 is 0 Å². The summed E-state index contributed by atoms with van der Waals surface area (Å²) in [5, 5.41) is 8.89. The smallest absolute Gasteiger partial charge is 0.101 e. The summed E-state index contributed by atoms with van der Waals surface area (Å²) in [7, 11) is 0. The molecule has 2 rings (SSSR count). The number of hydrogen-bond donors (Lipinski definition) is 0. The molecule has 0 aliphatic rings. The van der Waals surface area contributed by atoms with Gasteiger partial charge in [-0.3, -0.25) is 0 Å². The average molecular weight is 277 g/mol. The molecule has 2 heterocycles. The van der Waals surface area contributed by atoms with E-state index in [4.69, 9.17) is 5.26 Å². The number of aromatic nitrogens is 1. The summed E-state index contributed by atoms with van der Waals surface area (Å²) in [5.74, 6) is 0.645. The molecule has 0 aromatic carbocycles. The molecule has 0 saturated heterocycles. The van der Waals surface area contributed by atoms with Gasteiger partial charge in [-0.05, 0) is 46.0 Å². The third-order valence-corrected chi connectivity index (χ3v) is 3.12. The molecule has 0 fully saturated rings. The fourth-order valence-electron chi connectivity index (χ4n) is 1.88. The van der Waals surface area contributed by atoms with E-state index >= 15 is 0 Å². The second-order valence-electron chi connectivity index (χ2n) is 4.43. The van der Waals surface area contributed by atoms with Crippen LogP contribution >= 0.6 is 15.9 Å². The minimum Gasteiger partial charge on any atom is -0.321 e. The highest BCUT2D eigenvalue weighted by Crippen LogP contribution is 2.23. The Labute approximate surface area is 104 Å². The van der Waals surface area contributed by atoms with Crippen molar-refractivity contribution in [3.63, 3.8) is 0 Å². The highest BCUT2D eigenvalue weighted by molar-refractivity contribution is 9.10. The van der Waals surface area contributed by atoms with E-state index in [0.29, 0.717) is 11.5 Å². The lowest BCUT2D eigenvalue weighted by Gasteiger charge is -1.99. The first kappa shape index (κ1) is 11.2. The monoisotopic (exact) mass is 276 g/mol. The summed E-state index contributed by atoms with van der Waals surface area (Å²) in [4.78, 5) is 0. The van der Waals surface area contributed by atoms with Crippen LogP contribution in [-0.2, 0) is 6.42 Å². The number of hydrogen-bond acceptors (Lipinski definition) is 1. The van der Waals surface area contributed by atoms with Crippen molar-refractivity contribution in [3.8, 4) is 6.07 Å². The number of halogens is 1. The van der Waals surface area contributed by atoms with E-state index in [0.717, 1.165) is 16.4 Å². The van der Waals surface area contributed by atoms with E-state index < -0.39 is 0 Å². The molecule has 2 nitrogen and oxygen atoms in total. The molecule has 0 spiro atoms. The molecule has 0 saturated carbocycles. The topological polar surface area (TPSA) is 28.2 Å². The van der Waals surface area contributed by atoms with Gasteiger partial charge >= 0.3 is 0 Å². The van der Waals surface area contributed by atoms with Gasteiger partial charge in [0.05, 0.1) is 11.1 Å². The van der Waals surface area contributed by atoms with Crippen molar-refractivity contribution in [1.82, 2.24) is 4.40 Å². The summed E-state index contributed by atoms with van der Waals surface area (Å²) < 4.78 is 2.99. The Balaban J connectivity index is 2.53. The summed E-state index contributed by atoms with van der Waals surface area (Å²) in [6.45, 7) is 4.41. The molecule has 0 radical (unpaired) electrons. The predicted octanol–water partition coefficient (Wildman–Crippen LogP) is 3.77. The second-order valence-corrected chi connectivity index (χ2v) is 5.28. The van der Waals surface area contributed by atoms with Crippen molar-refractivity contribution in [3.05, 3.63) is 40.1 Å². The fraction of sp³-hybridized carbons (Fsp3) is 0.308. The normalized spacial score (nSPS) is 10.9. The van der Waals surface area contributed by atoms with Crippen molar-refractivity contribution in [2.45, 2.75) is 20.3 Å². The molecule has 16 heavy (non-hydrogen) atoms. The molecular weight excluding hydrogens is 264 g/mol. The van der Waals surface area contributed by atoms with E-state index in [1.54, 1.807) is 0 Å². The minimum absolute atomic E-state index is 0.645. The van der Waals surface area contributed by atoms with Crippen molar-refractivity contribution >= 4 is 21.4 Å². The van der Waals surface area contributed by atoms with Crippen LogP contribution in [0.2, 0.25) is 0 Å². The van der Waals surface area contributed by atoms with E-state index in [1.807, 2.05) is 16.7 Å². The lowest BCUT2D eigenvalue weighted by Crippen LogP contribution is -1.91. The van der Waals surface area contributed by atoms with Crippen LogP contribution in [0.4, 0.5) is 0 Å². The van der Waals surface area contributed by atoms with Gasteiger partial charge in [-0.25, -0.2) is 0 Å². The van der Waals surface area contributed by atoms with Gasteiger partial charge in [0.15, 0.2) is 0 Å². The zero-order valence-electron chi connectivity index (χ0n) is 9.37. The number of nitriles is 1. The van der Waals surface area contributed by atoms with Crippen molar-refractivity contribution in [2.75, 3.05) is 0 Å². The Morgan fingerprint density at radius 3 is 2.75 bits per heavy atom. The van der Waals surface area contributed by atoms with Crippen molar-refractivity contribution in [1.29, 1.82) is 5.26 Å². The Hall–Kier alpha value is -1.27. The van der Waals surface area contributed by atoms with Gasteiger partial charge < -0.3 is 4.40 Å². The number of nitrogens with zero attached hydrogens (tertiary/aromatic N) is 2. The molecule has 0 N–H and O–H groups in total. The number of fused-ring (bicyclic) bond motifs is 1. The zero-order chi connectivity index (χ0) is 11.7. The molecule has 0 unspecified atom stereocenters. The lowest BCUT2D eigenvalue weighted by atomic mass is 10.1. The summed E-state index contributed by atoms with van der Waals surface area (Å²) in [6, 6.07) is 6.19. The van der Waals surface area contributed by atoms with Crippen LogP contribution in [0.15, 0.2) is 29.0 Å². The molecule has 0 bridgehead atoms. The van der Waals surface area contributed by atoms with Gasteiger partial charge in [-0.2, -0.15) is 5.26 Å². The maximum Gasteiger partial charge on any atom is 0.101 e. The molecular formula is C13H13BrN2. The largest absolute Gasteiger partial charge is 0.321 e. The van der Waals surface area contributed by atoms with Crippen molar-refractivity contribution < 1.29 is 0 Å². The van der Waals surface area contributed by atoms with E-state index in [1.165, 1.54) is 5.56 Å². The highest BCUT2D eigenvalue weighted by atomic mass is 79.9. The fourth-order valence-corrected chi connectivity index (χ4v) is 2.44. The van der Waals surface area contributed by atoms with E-state index in [2.05, 4.69) is 48.1 Å². The summed E-state index contributed by atoms with van der Waals surface area (Å²) >= 11 is 3.50. The third-order valence-electron chi connectivity index (χ3n) is 2.48.